The molecule has 24 heavy (non-hydrogen) atoms. The van der Waals surface area contributed by atoms with Gasteiger partial charge in [-0.1, -0.05) is 13.8 Å². The van der Waals surface area contributed by atoms with Gasteiger partial charge in [0.05, 0.1) is 15.6 Å². The van der Waals surface area contributed by atoms with Crippen molar-refractivity contribution in [1.82, 2.24) is 14.8 Å². The standard InChI is InChI=1S/C17H16FIN4S/c1-17(2)7-10-5-14(21-13-4-3-11(19)6-12(13)18)24-15(10)16-22-20-9-23(16)8-17/h3-6,9,21H,7-8H2,1-2H3. The zero-order valence-corrected chi connectivity index (χ0v) is 16.3. The van der Waals surface area contributed by atoms with Crippen LogP contribution in [0.25, 0.3) is 10.7 Å². The molecule has 124 valence electrons. The molecule has 0 amide bonds. The van der Waals surface area contributed by atoms with Gasteiger partial charge in [-0.2, -0.15) is 0 Å². The first-order valence-electron chi connectivity index (χ1n) is 7.64. The fraction of sp³-hybridized carbons (Fsp3) is 0.294. The third-order valence-corrected chi connectivity index (χ3v) is 5.84. The summed E-state index contributed by atoms with van der Waals surface area (Å²) >= 11 is 3.71. The van der Waals surface area contributed by atoms with Gasteiger partial charge in [0.25, 0.3) is 0 Å². The summed E-state index contributed by atoms with van der Waals surface area (Å²) in [5.74, 6) is 0.658. The highest BCUT2D eigenvalue weighted by Gasteiger charge is 2.29. The van der Waals surface area contributed by atoms with E-state index in [0.29, 0.717) is 5.69 Å². The van der Waals surface area contributed by atoms with Gasteiger partial charge < -0.3 is 9.88 Å². The minimum Gasteiger partial charge on any atom is -0.345 e. The predicted octanol–water partition coefficient (Wildman–Crippen LogP) is 5.08. The molecule has 0 saturated heterocycles. The zero-order chi connectivity index (χ0) is 16.9. The number of nitrogens with zero attached hydrogens (tertiary/aromatic N) is 3. The van der Waals surface area contributed by atoms with Gasteiger partial charge in [-0.15, -0.1) is 21.5 Å². The molecule has 0 fully saturated rings. The molecule has 0 spiro atoms. The summed E-state index contributed by atoms with van der Waals surface area (Å²) in [5, 5.41) is 12.5. The van der Waals surface area contributed by atoms with Crippen molar-refractivity contribution in [3.63, 3.8) is 0 Å². The molecule has 2 aromatic heterocycles. The summed E-state index contributed by atoms with van der Waals surface area (Å²) in [6.45, 7) is 5.39. The molecule has 0 atom stereocenters. The Morgan fingerprint density at radius 2 is 2.17 bits per heavy atom. The summed E-state index contributed by atoms with van der Waals surface area (Å²) in [6, 6.07) is 7.31. The van der Waals surface area contributed by atoms with E-state index in [2.05, 4.69) is 62.6 Å². The van der Waals surface area contributed by atoms with Crippen LogP contribution in [0.15, 0.2) is 30.6 Å². The van der Waals surface area contributed by atoms with Crippen LogP contribution in [0.1, 0.15) is 19.4 Å². The van der Waals surface area contributed by atoms with Crippen LogP contribution in [-0.4, -0.2) is 14.8 Å². The number of hydrogen-bond donors (Lipinski definition) is 1. The Bertz CT molecular complexity index is 915. The van der Waals surface area contributed by atoms with Crippen LogP contribution in [-0.2, 0) is 13.0 Å². The molecule has 0 aliphatic carbocycles. The molecular formula is C17H16FIN4S. The van der Waals surface area contributed by atoms with Gasteiger partial charge in [0.2, 0.25) is 0 Å². The van der Waals surface area contributed by atoms with Gasteiger partial charge in [0, 0.05) is 10.1 Å². The van der Waals surface area contributed by atoms with Crippen molar-refractivity contribution < 1.29 is 4.39 Å². The molecular weight excluding hydrogens is 438 g/mol. The van der Waals surface area contributed by atoms with Crippen LogP contribution in [0.3, 0.4) is 0 Å². The quantitative estimate of drug-likeness (QED) is 0.550. The lowest BCUT2D eigenvalue weighted by Crippen LogP contribution is -2.20. The second-order valence-corrected chi connectivity index (χ2v) is 9.14. The van der Waals surface area contributed by atoms with Gasteiger partial charge in [-0.25, -0.2) is 4.39 Å². The molecule has 1 N–H and O–H groups in total. The Kier molecular flexibility index (Phi) is 3.87. The van der Waals surface area contributed by atoms with Gasteiger partial charge >= 0.3 is 0 Å². The number of nitrogens with one attached hydrogen (secondary N) is 1. The van der Waals surface area contributed by atoms with Crippen molar-refractivity contribution in [2.24, 2.45) is 5.41 Å². The molecule has 0 unspecified atom stereocenters. The fourth-order valence-corrected chi connectivity index (χ4v) is 4.66. The van der Waals surface area contributed by atoms with Crippen LogP contribution >= 0.6 is 33.9 Å². The van der Waals surface area contributed by atoms with Gasteiger partial charge in [0.1, 0.15) is 12.1 Å². The van der Waals surface area contributed by atoms with Crippen molar-refractivity contribution in [3.8, 4) is 10.7 Å². The molecule has 0 bridgehead atoms. The van der Waals surface area contributed by atoms with Crippen LogP contribution < -0.4 is 5.32 Å². The average molecular weight is 454 g/mol. The highest BCUT2D eigenvalue weighted by atomic mass is 127. The maximum Gasteiger partial charge on any atom is 0.174 e. The predicted molar refractivity (Wildman–Crippen MR) is 103 cm³/mol. The third kappa shape index (κ3) is 2.95. The Hall–Kier alpha value is -1.48. The largest absolute Gasteiger partial charge is 0.345 e. The highest BCUT2D eigenvalue weighted by molar-refractivity contribution is 14.1. The smallest absolute Gasteiger partial charge is 0.174 e. The summed E-state index contributed by atoms with van der Waals surface area (Å²) in [7, 11) is 0. The summed E-state index contributed by atoms with van der Waals surface area (Å²) in [5.41, 5.74) is 1.85. The first-order valence-corrected chi connectivity index (χ1v) is 9.54. The van der Waals surface area contributed by atoms with E-state index in [1.807, 2.05) is 6.07 Å². The second-order valence-electron chi connectivity index (χ2n) is 6.84. The van der Waals surface area contributed by atoms with E-state index in [-0.39, 0.29) is 11.2 Å². The summed E-state index contributed by atoms with van der Waals surface area (Å²) < 4.78 is 17.1. The van der Waals surface area contributed by atoms with Crippen molar-refractivity contribution in [3.05, 3.63) is 45.5 Å². The van der Waals surface area contributed by atoms with E-state index in [1.54, 1.807) is 23.7 Å². The molecule has 4 nitrogen and oxygen atoms in total. The number of fused-ring (bicyclic) bond motifs is 3. The molecule has 1 aliphatic heterocycles. The lowest BCUT2D eigenvalue weighted by molar-refractivity contribution is 0.310. The molecule has 0 radical (unpaired) electrons. The maximum atomic E-state index is 14.1. The van der Waals surface area contributed by atoms with E-state index in [0.717, 1.165) is 32.2 Å². The lowest BCUT2D eigenvalue weighted by Gasteiger charge is -2.22. The molecule has 4 rings (SSSR count). The first-order chi connectivity index (χ1) is 11.4. The lowest BCUT2D eigenvalue weighted by atomic mass is 9.86. The zero-order valence-electron chi connectivity index (χ0n) is 13.3. The van der Waals surface area contributed by atoms with Gasteiger partial charge in [-0.3, -0.25) is 0 Å². The van der Waals surface area contributed by atoms with E-state index >= 15 is 0 Å². The average Bonchev–Trinajstić information content (AvgIpc) is 3.06. The number of aromatic nitrogens is 3. The van der Waals surface area contributed by atoms with Gasteiger partial charge in [-0.05, 0) is 64.3 Å². The van der Waals surface area contributed by atoms with E-state index in [9.17, 15) is 4.39 Å². The molecule has 1 aliphatic rings. The number of halogens is 2. The first kappa shape index (κ1) is 16.0. The normalized spacial score (nSPS) is 15.5. The van der Waals surface area contributed by atoms with Crippen LogP contribution in [0.4, 0.5) is 15.1 Å². The molecule has 3 heterocycles. The van der Waals surface area contributed by atoms with E-state index in [4.69, 9.17) is 0 Å². The summed E-state index contributed by atoms with van der Waals surface area (Å²) in [6.07, 6.45) is 2.75. The van der Waals surface area contributed by atoms with Crippen molar-refractivity contribution in [2.75, 3.05) is 5.32 Å². The number of hydrogen-bond acceptors (Lipinski definition) is 4. The summed E-state index contributed by atoms with van der Waals surface area (Å²) in [4.78, 5) is 1.12. The number of benzene rings is 1. The van der Waals surface area contributed by atoms with Crippen LogP contribution in [0, 0.1) is 14.8 Å². The van der Waals surface area contributed by atoms with Crippen molar-refractivity contribution >= 4 is 44.6 Å². The fourth-order valence-electron chi connectivity index (χ4n) is 3.11. The Morgan fingerprint density at radius 3 is 2.96 bits per heavy atom. The Morgan fingerprint density at radius 1 is 1.33 bits per heavy atom. The highest BCUT2D eigenvalue weighted by Crippen LogP contribution is 2.42. The number of anilines is 2. The topological polar surface area (TPSA) is 42.7 Å². The van der Waals surface area contributed by atoms with Crippen molar-refractivity contribution in [2.45, 2.75) is 26.8 Å². The van der Waals surface area contributed by atoms with E-state index in [1.165, 1.54) is 11.6 Å². The minimum absolute atomic E-state index is 0.120. The number of rotatable bonds is 2. The second kappa shape index (κ2) is 5.80. The maximum absolute atomic E-state index is 14.1. The van der Waals surface area contributed by atoms with Crippen LogP contribution in [0.2, 0.25) is 0 Å². The molecule has 0 saturated carbocycles. The SMILES string of the molecule is CC1(C)Cc2cc(Nc3ccc(I)cc3F)sc2-c2nncn2C1. The number of thiophene rings is 1. The molecule has 1 aromatic carbocycles. The third-order valence-electron chi connectivity index (χ3n) is 4.08. The van der Waals surface area contributed by atoms with Gasteiger partial charge in [0.15, 0.2) is 5.82 Å². The van der Waals surface area contributed by atoms with Crippen molar-refractivity contribution in [1.29, 1.82) is 0 Å². The van der Waals surface area contributed by atoms with Crippen LogP contribution in [0.5, 0.6) is 0 Å². The Labute approximate surface area is 157 Å². The molecule has 7 heteroatoms. The Balaban J connectivity index is 1.74. The minimum atomic E-state index is -0.242. The monoisotopic (exact) mass is 454 g/mol. The molecule has 3 aromatic rings. The van der Waals surface area contributed by atoms with E-state index < -0.39 is 0 Å².